The van der Waals surface area contributed by atoms with Crippen molar-refractivity contribution in [1.82, 2.24) is 5.32 Å². The molecule has 0 unspecified atom stereocenters. The summed E-state index contributed by atoms with van der Waals surface area (Å²) in [4.78, 5) is 0. The van der Waals surface area contributed by atoms with Gasteiger partial charge in [-0.05, 0) is 6.54 Å². The van der Waals surface area contributed by atoms with E-state index in [1.54, 1.807) is 6.54 Å². The minimum atomic E-state index is 0.119. The zero-order valence-corrected chi connectivity index (χ0v) is 3.94. The number of hydrogen-bond donors (Lipinski definition) is 2. The van der Waals surface area contributed by atoms with Gasteiger partial charge in [0.15, 0.2) is 0 Å². The van der Waals surface area contributed by atoms with Crippen LogP contribution in [0.15, 0.2) is 0 Å². The van der Waals surface area contributed by atoms with Crippen LogP contribution in [-0.4, -0.2) is 18.3 Å². The Labute approximate surface area is 38.2 Å². The summed E-state index contributed by atoms with van der Waals surface area (Å²) in [5.74, 6) is 0. The number of aliphatic hydroxyl groups excluding tert-OH is 1. The van der Waals surface area contributed by atoms with E-state index >= 15 is 0 Å². The molecular weight excluding hydrogens is 78.0 g/mol. The number of rotatable bonds is 3. The van der Waals surface area contributed by atoms with Gasteiger partial charge in [0.25, 0.3) is 0 Å². The maximum absolute atomic E-state index is 8.08. The molecule has 0 amide bonds. The summed E-state index contributed by atoms with van der Waals surface area (Å²) in [6.45, 7) is 4.60. The van der Waals surface area contributed by atoms with Gasteiger partial charge in [0.1, 0.15) is 0 Å². The lowest BCUT2D eigenvalue weighted by Crippen LogP contribution is -2.10. The third kappa shape index (κ3) is 3.92. The molecule has 2 N–H and O–H groups in total. The van der Waals surface area contributed by atoms with Gasteiger partial charge in [-0.2, -0.15) is 0 Å². The minimum absolute atomic E-state index is 0.119. The normalized spacial score (nSPS) is 9.00. The van der Waals surface area contributed by atoms with Gasteiger partial charge in [-0.25, -0.2) is 0 Å². The molecule has 0 aromatic heterocycles. The van der Waals surface area contributed by atoms with Crippen LogP contribution in [0.1, 0.15) is 6.92 Å². The highest BCUT2D eigenvalue weighted by Gasteiger charge is 1.73. The van der Waals surface area contributed by atoms with Gasteiger partial charge in [-0.15, -0.1) is 0 Å². The van der Waals surface area contributed by atoms with E-state index in [-0.39, 0.29) is 6.61 Å². The first kappa shape index (κ1) is 5.92. The van der Waals surface area contributed by atoms with Crippen LogP contribution >= 0.6 is 0 Å². The van der Waals surface area contributed by atoms with Gasteiger partial charge in [0.2, 0.25) is 0 Å². The van der Waals surface area contributed by atoms with Crippen LogP contribution in [0, 0.1) is 6.54 Å². The SMILES string of the molecule is CCN[CH]CO. The second-order valence-corrected chi connectivity index (χ2v) is 0.944. The molecule has 0 aromatic carbocycles. The molecule has 0 atom stereocenters. The van der Waals surface area contributed by atoms with E-state index < -0.39 is 0 Å². The fraction of sp³-hybridized carbons (Fsp3) is 0.750. The first-order chi connectivity index (χ1) is 2.91. The molecule has 37 valence electrons. The lowest BCUT2D eigenvalue weighted by atomic mass is 10.6. The van der Waals surface area contributed by atoms with Gasteiger partial charge in [0.05, 0.1) is 6.61 Å². The fourth-order valence-electron chi connectivity index (χ4n) is 0.209. The van der Waals surface area contributed by atoms with E-state index in [0.29, 0.717) is 0 Å². The molecule has 0 heterocycles. The zero-order chi connectivity index (χ0) is 4.83. The third-order valence-corrected chi connectivity index (χ3v) is 0.440. The van der Waals surface area contributed by atoms with Crippen LogP contribution < -0.4 is 5.32 Å². The summed E-state index contributed by atoms with van der Waals surface area (Å²) in [7, 11) is 0. The summed E-state index contributed by atoms with van der Waals surface area (Å²) in [5, 5.41) is 10.9. The summed E-state index contributed by atoms with van der Waals surface area (Å²) in [6.07, 6.45) is 0. The summed E-state index contributed by atoms with van der Waals surface area (Å²) < 4.78 is 0. The van der Waals surface area contributed by atoms with Gasteiger partial charge in [0, 0.05) is 6.54 Å². The monoisotopic (exact) mass is 88.1 g/mol. The van der Waals surface area contributed by atoms with Gasteiger partial charge in [-0.1, -0.05) is 6.92 Å². The van der Waals surface area contributed by atoms with Crippen molar-refractivity contribution in [3.8, 4) is 0 Å². The average Bonchev–Trinajstić information content (AvgIpc) is 1.61. The number of hydrogen-bond acceptors (Lipinski definition) is 2. The van der Waals surface area contributed by atoms with Crippen molar-refractivity contribution < 1.29 is 5.11 Å². The molecule has 2 nitrogen and oxygen atoms in total. The zero-order valence-electron chi connectivity index (χ0n) is 3.94. The first-order valence-corrected chi connectivity index (χ1v) is 2.07. The molecule has 0 fully saturated rings. The summed E-state index contributed by atoms with van der Waals surface area (Å²) >= 11 is 0. The highest BCUT2D eigenvalue weighted by atomic mass is 16.3. The van der Waals surface area contributed by atoms with Crippen molar-refractivity contribution >= 4 is 0 Å². The molecule has 0 bridgehead atoms. The Morgan fingerprint density at radius 1 is 1.83 bits per heavy atom. The standard InChI is InChI=1S/C4H10NO/c1-2-5-3-4-6/h3,5-6H,2,4H2,1H3. The molecule has 0 aliphatic rings. The highest BCUT2D eigenvalue weighted by molar-refractivity contribution is 4.54. The van der Waals surface area contributed by atoms with Crippen molar-refractivity contribution in [2.24, 2.45) is 0 Å². The smallest absolute Gasteiger partial charge is 0.0600 e. The third-order valence-electron chi connectivity index (χ3n) is 0.440. The molecule has 0 saturated heterocycles. The van der Waals surface area contributed by atoms with E-state index in [1.807, 2.05) is 6.92 Å². The van der Waals surface area contributed by atoms with Crippen LogP contribution in [0.4, 0.5) is 0 Å². The summed E-state index contributed by atoms with van der Waals surface area (Å²) in [5.41, 5.74) is 0. The Morgan fingerprint density at radius 2 is 2.50 bits per heavy atom. The van der Waals surface area contributed by atoms with Crippen LogP contribution in [0.3, 0.4) is 0 Å². The first-order valence-electron chi connectivity index (χ1n) is 2.07. The maximum atomic E-state index is 8.08. The molecule has 1 radical (unpaired) electrons. The lowest BCUT2D eigenvalue weighted by Gasteiger charge is -1.90. The maximum Gasteiger partial charge on any atom is 0.0600 e. The number of nitrogens with one attached hydrogen (secondary N) is 1. The Morgan fingerprint density at radius 3 is 2.67 bits per heavy atom. The van der Waals surface area contributed by atoms with Crippen LogP contribution in [0.25, 0.3) is 0 Å². The molecule has 0 aromatic rings. The van der Waals surface area contributed by atoms with Gasteiger partial charge in [-0.3, -0.25) is 0 Å². The molecule has 0 rings (SSSR count). The quantitative estimate of drug-likeness (QED) is 0.466. The Hall–Kier alpha value is -0.0800. The van der Waals surface area contributed by atoms with Gasteiger partial charge >= 0.3 is 0 Å². The molecule has 0 saturated carbocycles. The predicted molar refractivity (Wildman–Crippen MR) is 25.1 cm³/mol. The van der Waals surface area contributed by atoms with Crippen LogP contribution in [0.5, 0.6) is 0 Å². The second-order valence-electron chi connectivity index (χ2n) is 0.944. The Kier molecular flexibility index (Phi) is 4.85. The van der Waals surface area contributed by atoms with Crippen molar-refractivity contribution in [2.45, 2.75) is 6.92 Å². The van der Waals surface area contributed by atoms with Crippen molar-refractivity contribution in [2.75, 3.05) is 13.2 Å². The van der Waals surface area contributed by atoms with Crippen LogP contribution in [-0.2, 0) is 0 Å². The van der Waals surface area contributed by atoms with E-state index in [2.05, 4.69) is 5.32 Å². The van der Waals surface area contributed by atoms with Gasteiger partial charge < -0.3 is 10.4 Å². The largest absolute Gasteiger partial charge is 0.395 e. The molecule has 0 aliphatic heterocycles. The Balaban J connectivity index is 2.34. The fourth-order valence-corrected chi connectivity index (χ4v) is 0.209. The topological polar surface area (TPSA) is 32.3 Å². The van der Waals surface area contributed by atoms with Crippen molar-refractivity contribution in [3.05, 3.63) is 6.54 Å². The number of likely N-dealkylation sites (N-methyl/N-ethyl adjacent to an activating group) is 1. The average molecular weight is 88.1 g/mol. The Bertz CT molecular complexity index is 19.5. The summed E-state index contributed by atoms with van der Waals surface area (Å²) in [6, 6.07) is 0. The number of aliphatic hydroxyl groups is 1. The lowest BCUT2D eigenvalue weighted by molar-refractivity contribution is 0.318. The molecule has 0 aliphatic carbocycles. The van der Waals surface area contributed by atoms with E-state index in [1.165, 1.54) is 0 Å². The van der Waals surface area contributed by atoms with E-state index in [9.17, 15) is 0 Å². The molecular formula is C4H10NO. The van der Waals surface area contributed by atoms with Crippen molar-refractivity contribution in [1.29, 1.82) is 0 Å². The predicted octanol–water partition coefficient (Wildman–Crippen LogP) is -0.250. The van der Waals surface area contributed by atoms with E-state index in [0.717, 1.165) is 6.54 Å². The molecule has 2 heteroatoms. The van der Waals surface area contributed by atoms with E-state index in [4.69, 9.17) is 5.11 Å². The molecule has 6 heavy (non-hydrogen) atoms. The minimum Gasteiger partial charge on any atom is -0.395 e. The van der Waals surface area contributed by atoms with Crippen molar-refractivity contribution in [3.63, 3.8) is 0 Å². The highest BCUT2D eigenvalue weighted by Crippen LogP contribution is 1.59. The van der Waals surface area contributed by atoms with Crippen LogP contribution in [0.2, 0.25) is 0 Å². The second kappa shape index (κ2) is 4.92. The molecule has 0 spiro atoms.